The maximum atomic E-state index is 12.1. The maximum Gasteiger partial charge on any atom is 0.225 e. The van der Waals surface area contributed by atoms with Gasteiger partial charge in [0, 0.05) is 24.6 Å². The first-order valence-electron chi connectivity index (χ1n) is 8.65. The molecule has 2 heterocycles. The smallest absolute Gasteiger partial charge is 0.225 e. The molecular weight excluding hydrogens is 286 g/mol. The minimum atomic E-state index is 0.348. The van der Waals surface area contributed by atoms with E-state index in [1.54, 1.807) is 6.26 Å². The Labute approximate surface area is 137 Å². The van der Waals surface area contributed by atoms with Gasteiger partial charge in [-0.15, -0.1) is 0 Å². The molecule has 1 aliphatic carbocycles. The number of furan rings is 1. The molecule has 120 valence electrons. The molecule has 0 spiro atoms. The van der Waals surface area contributed by atoms with Gasteiger partial charge in [0.2, 0.25) is 5.91 Å². The minimum Gasteiger partial charge on any atom is -0.464 e. The van der Waals surface area contributed by atoms with Gasteiger partial charge in [-0.2, -0.15) is 0 Å². The third-order valence-electron chi connectivity index (χ3n) is 5.24. The molecule has 0 radical (unpaired) electrons. The molecule has 23 heavy (non-hydrogen) atoms. The number of nitrogens with zero attached hydrogens (tertiary/aromatic N) is 1. The molecule has 1 saturated heterocycles. The van der Waals surface area contributed by atoms with Crippen LogP contribution in [0.1, 0.15) is 42.7 Å². The highest BCUT2D eigenvalue weighted by Crippen LogP contribution is 2.35. The molecule has 2 aliphatic rings. The first-order chi connectivity index (χ1) is 11.2. The van der Waals surface area contributed by atoms with Crippen molar-refractivity contribution in [2.75, 3.05) is 13.1 Å². The van der Waals surface area contributed by atoms with E-state index in [0.29, 0.717) is 17.7 Å². The fourth-order valence-electron chi connectivity index (χ4n) is 3.67. The fourth-order valence-corrected chi connectivity index (χ4v) is 3.67. The normalized spacial score (nSPS) is 19.1. The van der Waals surface area contributed by atoms with Crippen molar-refractivity contribution in [1.82, 2.24) is 4.90 Å². The van der Waals surface area contributed by atoms with Crippen LogP contribution in [0.4, 0.5) is 0 Å². The summed E-state index contributed by atoms with van der Waals surface area (Å²) in [5, 5.41) is 0. The highest BCUT2D eigenvalue weighted by molar-refractivity contribution is 5.81. The van der Waals surface area contributed by atoms with Gasteiger partial charge >= 0.3 is 0 Å². The Hall–Kier alpha value is -2.03. The highest BCUT2D eigenvalue weighted by Gasteiger charge is 2.35. The summed E-state index contributed by atoms with van der Waals surface area (Å²) in [7, 11) is 0. The zero-order valence-electron chi connectivity index (χ0n) is 13.6. The van der Waals surface area contributed by atoms with E-state index in [4.69, 9.17) is 4.42 Å². The maximum absolute atomic E-state index is 12.1. The van der Waals surface area contributed by atoms with E-state index in [1.807, 2.05) is 12.1 Å². The monoisotopic (exact) mass is 309 g/mol. The average molecular weight is 309 g/mol. The van der Waals surface area contributed by atoms with Crippen LogP contribution in [0.3, 0.4) is 0 Å². The molecule has 2 aromatic rings. The molecule has 3 heteroatoms. The lowest BCUT2D eigenvalue weighted by atomic mass is 9.87. The molecule has 3 nitrogen and oxygen atoms in total. The summed E-state index contributed by atoms with van der Waals surface area (Å²) in [5.74, 6) is 2.25. The lowest BCUT2D eigenvalue weighted by Crippen LogP contribution is -2.38. The van der Waals surface area contributed by atoms with Gasteiger partial charge in [0.25, 0.3) is 0 Å². The molecule has 1 saturated carbocycles. The Kier molecular flexibility index (Phi) is 3.72. The van der Waals surface area contributed by atoms with Gasteiger partial charge in [-0.1, -0.05) is 18.2 Å². The molecule has 1 aromatic heterocycles. The molecule has 1 aliphatic heterocycles. The highest BCUT2D eigenvalue weighted by atomic mass is 16.3. The van der Waals surface area contributed by atoms with Crippen LogP contribution >= 0.6 is 0 Å². The number of hydrogen-bond acceptors (Lipinski definition) is 2. The number of aryl methyl sites for hydroxylation is 1. The van der Waals surface area contributed by atoms with E-state index in [-0.39, 0.29) is 0 Å². The van der Waals surface area contributed by atoms with E-state index in [9.17, 15) is 4.79 Å². The number of benzene rings is 1. The molecule has 4 rings (SSSR count). The van der Waals surface area contributed by atoms with E-state index in [0.717, 1.165) is 44.5 Å². The standard InChI is InChI=1S/C20H23NO2/c1-14-13-17(6-7-18(14)19-3-2-12-23-19)15-8-10-21(11-9-15)20(22)16-4-5-16/h2-3,6-7,12-13,15-16H,4-5,8-11H2,1H3. The fraction of sp³-hybridized carbons (Fsp3) is 0.450. The lowest BCUT2D eigenvalue weighted by molar-refractivity contribution is -0.133. The van der Waals surface area contributed by atoms with Crippen LogP contribution in [0, 0.1) is 12.8 Å². The Morgan fingerprint density at radius 2 is 1.91 bits per heavy atom. The number of rotatable bonds is 3. The van der Waals surface area contributed by atoms with E-state index in [2.05, 4.69) is 30.0 Å². The molecule has 2 fully saturated rings. The van der Waals surface area contributed by atoms with Crippen LogP contribution in [-0.4, -0.2) is 23.9 Å². The van der Waals surface area contributed by atoms with Gasteiger partial charge < -0.3 is 9.32 Å². The van der Waals surface area contributed by atoms with Gasteiger partial charge in [0.15, 0.2) is 0 Å². The molecular formula is C20H23NO2. The lowest BCUT2D eigenvalue weighted by Gasteiger charge is -2.32. The summed E-state index contributed by atoms with van der Waals surface area (Å²) in [6.45, 7) is 3.98. The van der Waals surface area contributed by atoms with Crippen molar-refractivity contribution < 1.29 is 9.21 Å². The minimum absolute atomic E-state index is 0.348. The molecule has 1 aromatic carbocycles. The second-order valence-electron chi connectivity index (χ2n) is 6.93. The van der Waals surface area contributed by atoms with Crippen molar-refractivity contribution >= 4 is 5.91 Å². The predicted octanol–water partition coefficient (Wildman–Crippen LogP) is 4.37. The van der Waals surface area contributed by atoms with Crippen molar-refractivity contribution in [1.29, 1.82) is 0 Å². The molecule has 0 bridgehead atoms. The first-order valence-corrected chi connectivity index (χ1v) is 8.65. The van der Waals surface area contributed by atoms with Gasteiger partial charge in [0.05, 0.1) is 6.26 Å². The SMILES string of the molecule is Cc1cc(C2CCN(C(=O)C3CC3)CC2)ccc1-c1ccco1. The topological polar surface area (TPSA) is 33.5 Å². The van der Waals surface area contributed by atoms with E-state index >= 15 is 0 Å². The zero-order valence-corrected chi connectivity index (χ0v) is 13.6. The molecule has 0 atom stereocenters. The quantitative estimate of drug-likeness (QED) is 0.843. The van der Waals surface area contributed by atoms with Gasteiger partial charge in [-0.3, -0.25) is 4.79 Å². The van der Waals surface area contributed by atoms with Crippen molar-refractivity contribution in [3.63, 3.8) is 0 Å². The summed E-state index contributed by atoms with van der Waals surface area (Å²) < 4.78 is 5.51. The number of amides is 1. The van der Waals surface area contributed by atoms with Gasteiger partial charge in [0.1, 0.15) is 5.76 Å². The predicted molar refractivity (Wildman–Crippen MR) is 90.2 cm³/mol. The third kappa shape index (κ3) is 2.92. The summed E-state index contributed by atoms with van der Waals surface area (Å²) in [5.41, 5.74) is 3.82. The van der Waals surface area contributed by atoms with Gasteiger partial charge in [-0.25, -0.2) is 0 Å². The number of carbonyl (C=O) groups is 1. The third-order valence-corrected chi connectivity index (χ3v) is 5.24. The largest absolute Gasteiger partial charge is 0.464 e. The number of carbonyl (C=O) groups excluding carboxylic acids is 1. The van der Waals surface area contributed by atoms with E-state index < -0.39 is 0 Å². The van der Waals surface area contributed by atoms with Gasteiger partial charge in [-0.05, 0) is 61.8 Å². The molecule has 0 N–H and O–H groups in total. The average Bonchev–Trinajstić information content (AvgIpc) is 3.29. The Bertz CT molecular complexity index is 692. The summed E-state index contributed by atoms with van der Waals surface area (Å²) in [6, 6.07) is 10.6. The Morgan fingerprint density at radius 3 is 2.52 bits per heavy atom. The van der Waals surface area contributed by atoms with Crippen molar-refractivity contribution in [3.8, 4) is 11.3 Å². The first kappa shape index (κ1) is 14.6. The van der Waals surface area contributed by atoms with Crippen LogP contribution in [0.5, 0.6) is 0 Å². The van der Waals surface area contributed by atoms with Crippen LogP contribution in [0.15, 0.2) is 41.0 Å². The van der Waals surface area contributed by atoms with E-state index in [1.165, 1.54) is 16.7 Å². The Morgan fingerprint density at radius 1 is 1.13 bits per heavy atom. The summed E-state index contributed by atoms with van der Waals surface area (Å²) >= 11 is 0. The zero-order chi connectivity index (χ0) is 15.8. The molecule has 1 amide bonds. The second-order valence-corrected chi connectivity index (χ2v) is 6.93. The number of likely N-dealkylation sites (tertiary alicyclic amines) is 1. The van der Waals surface area contributed by atoms with Crippen LogP contribution in [0.2, 0.25) is 0 Å². The van der Waals surface area contributed by atoms with Crippen molar-refractivity contribution in [2.24, 2.45) is 5.92 Å². The second kappa shape index (κ2) is 5.88. The van der Waals surface area contributed by atoms with Crippen LogP contribution < -0.4 is 0 Å². The number of piperidine rings is 1. The Balaban J connectivity index is 1.45. The van der Waals surface area contributed by atoms with Crippen LogP contribution in [0.25, 0.3) is 11.3 Å². The summed E-state index contributed by atoms with van der Waals surface area (Å²) in [6.07, 6.45) is 6.09. The van der Waals surface area contributed by atoms with Crippen molar-refractivity contribution in [2.45, 2.75) is 38.5 Å². The number of hydrogen-bond donors (Lipinski definition) is 0. The van der Waals surface area contributed by atoms with Crippen LogP contribution in [-0.2, 0) is 4.79 Å². The molecule has 0 unspecified atom stereocenters. The van der Waals surface area contributed by atoms with Crippen molar-refractivity contribution in [3.05, 3.63) is 47.7 Å². The summed E-state index contributed by atoms with van der Waals surface area (Å²) in [4.78, 5) is 14.2.